The summed E-state index contributed by atoms with van der Waals surface area (Å²) >= 11 is 0. The van der Waals surface area contributed by atoms with Crippen LogP contribution >= 0.6 is 0 Å². The molecule has 24 heavy (non-hydrogen) atoms. The molecular formula is C19H20N2O3. The average molecular weight is 324 g/mol. The number of nitriles is 1. The summed E-state index contributed by atoms with van der Waals surface area (Å²) < 4.78 is 10.9. The second-order valence-corrected chi connectivity index (χ2v) is 5.53. The van der Waals surface area contributed by atoms with Crippen molar-refractivity contribution in [1.29, 1.82) is 5.26 Å². The Labute approximate surface area is 141 Å². The van der Waals surface area contributed by atoms with Crippen LogP contribution in [0.25, 0.3) is 0 Å². The first-order valence-electron chi connectivity index (χ1n) is 7.65. The lowest BCUT2D eigenvalue weighted by Gasteiger charge is -2.14. The third-order valence-electron chi connectivity index (χ3n) is 3.30. The van der Waals surface area contributed by atoms with E-state index in [1.807, 2.05) is 19.9 Å². The Hall–Kier alpha value is -3.00. The van der Waals surface area contributed by atoms with Crippen molar-refractivity contribution in [3.8, 4) is 17.6 Å². The van der Waals surface area contributed by atoms with E-state index in [-0.39, 0.29) is 12.0 Å². The van der Waals surface area contributed by atoms with E-state index in [4.69, 9.17) is 14.7 Å². The zero-order chi connectivity index (χ0) is 17.5. The fourth-order valence-corrected chi connectivity index (χ4v) is 2.20. The van der Waals surface area contributed by atoms with Gasteiger partial charge in [0, 0.05) is 12.1 Å². The maximum atomic E-state index is 12.3. The van der Waals surface area contributed by atoms with Gasteiger partial charge in [-0.15, -0.1) is 0 Å². The van der Waals surface area contributed by atoms with Crippen molar-refractivity contribution in [3.05, 3.63) is 59.2 Å². The minimum absolute atomic E-state index is 0.0194. The van der Waals surface area contributed by atoms with E-state index >= 15 is 0 Å². The lowest BCUT2D eigenvalue weighted by Crippen LogP contribution is -2.22. The maximum Gasteiger partial charge on any atom is 0.251 e. The monoisotopic (exact) mass is 324 g/mol. The Morgan fingerprint density at radius 3 is 2.67 bits per heavy atom. The van der Waals surface area contributed by atoms with Crippen LogP contribution < -0.4 is 14.8 Å². The average Bonchev–Trinajstić information content (AvgIpc) is 2.59. The summed E-state index contributed by atoms with van der Waals surface area (Å²) in [5.74, 6) is 0.903. The third-order valence-corrected chi connectivity index (χ3v) is 3.30. The second-order valence-electron chi connectivity index (χ2n) is 5.53. The first kappa shape index (κ1) is 17.4. The molecule has 0 aliphatic rings. The molecule has 1 amide bonds. The van der Waals surface area contributed by atoms with Gasteiger partial charge in [-0.05, 0) is 49.7 Å². The fraction of sp³-hybridized carbons (Fsp3) is 0.263. The molecule has 0 spiro atoms. The topological polar surface area (TPSA) is 71.3 Å². The van der Waals surface area contributed by atoms with E-state index in [1.165, 1.54) is 7.11 Å². The number of rotatable bonds is 6. The normalized spacial score (nSPS) is 10.1. The minimum atomic E-state index is -0.216. The number of nitrogens with zero attached hydrogens (tertiary/aromatic N) is 1. The Kier molecular flexibility index (Phi) is 5.80. The van der Waals surface area contributed by atoms with Gasteiger partial charge in [-0.2, -0.15) is 5.26 Å². The van der Waals surface area contributed by atoms with Gasteiger partial charge < -0.3 is 14.8 Å². The summed E-state index contributed by atoms with van der Waals surface area (Å²) in [5.41, 5.74) is 1.92. The molecule has 0 fully saturated rings. The van der Waals surface area contributed by atoms with Crippen molar-refractivity contribution in [2.24, 2.45) is 0 Å². The van der Waals surface area contributed by atoms with Gasteiger partial charge in [0.1, 0.15) is 0 Å². The van der Waals surface area contributed by atoms with E-state index in [1.54, 1.807) is 36.4 Å². The zero-order valence-electron chi connectivity index (χ0n) is 14.0. The molecule has 2 aromatic rings. The molecule has 1 N–H and O–H groups in total. The van der Waals surface area contributed by atoms with E-state index < -0.39 is 0 Å². The number of nitrogens with one attached hydrogen (secondary N) is 1. The van der Waals surface area contributed by atoms with Crippen LogP contribution in [0, 0.1) is 11.3 Å². The van der Waals surface area contributed by atoms with Crippen molar-refractivity contribution in [2.75, 3.05) is 7.11 Å². The Bertz CT molecular complexity index is 763. The minimum Gasteiger partial charge on any atom is -0.493 e. The number of hydrogen-bond acceptors (Lipinski definition) is 4. The first-order valence-corrected chi connectivity index (χ1v) is 7.65. The number of ether oxygens (including phenoxy) is 2. The van der Waals surface area contributed by atoms with Gasteiger partial charge in [-0.1, -0.05) is 12.1 Å². The summed E-state index contributed by atoms with van der Waals surface area (Å²) in [6.45, 7) is 4.20. The second kappa shape index (κ2) is 8.02. The largest absolute Gasteiger partial charge is 0.493 e. The van der Waals surface area contributed by atoms with Crippen LogP contribution in [0.2, 0.25) is 0 Å². The molecule has 0 aromatic heterocycles. The standard InChI is InChI=1S/C19H20N2O3/c1-13(2)24-17-8-7-16(10-18(17)23-3)19(22)21-12-15-6-4-5-14(9-15)11-20/h4-10,13H,12H2,1-3H3,(H,21,22). The van der Waals surface area contributed by atoms with Crippen LogP contribution in [0.1, 0.15) is 35.3 Å². The third kappa shape index (κ3) is 4.50. The van der Waals surface area contributed by atoms with Crippen LogP contribution in [-0.2, 0) is 6.54 Å². The van der Waals surface area contributed by atoms with Gasteiger partial charge in [-0.25, -0.2) is 0 Å². The van der Waals surface area contributed by atoms with Crippen LogP contribution in [0.15, 0.2) is 42.5 Å². The summed E-state index contributed by atoms with van der Waals surface area (Å²) in [6.07, 6.45) is 0.0194. The molecular weight excluding hydrogens is 304 g/mol. The molecule has 0 heterocycles. The zero-order valence-corrected chi connectivity index (χ0v) is 14.0. The lowest BCUT2D eigenvalue weighted by atomic mass is 10.1. The van der Waals surface area contributed by atoms with Gasteiger partial charge in [-0.3, -0.25) is 4.79 Å². The van der Waals surface area contributed by atoms with E-state index in [0.29, 0.717) is 29.2 Å². The molecule has 5 nitrogen and oxygen atoms in total. The Morgan fingerprint density at radius 2 is 2.00 bits per heavy atom. The summed E-state index contributed by atoms with van der Waals surface area (Å²) in [4.78, 5) is 12.3. The van der Waals surface area contributed by atoms with Crippen molar-refractivity contribution >= 4 is 5.91 Å². The Morgan fingerprint density at radius 1 is 1.21 bits per heavy atom. The number of amides is 1. The molecule has 0 saturated heterocycles. The highest BCUT2D eigenvalue weighted by molar-refractivity contribution is 5.94. The molecule has 0 unspecified atom stereocenters. The van der Waals surface area contributed by atoms with Crippen LogP contribution in [-0.4, -0.2) is 19.1 Å². The quantitative estimate of drug-likeness (QED) is 0.885. The summed E-state index contributed by atoms with van der Waals surface area (Å²) in [6, 6.07) is 14.3. The highest BCUT2D eigenvalue weighted by Gasteiger charge is 2.12. The predicted molar refractivity (Wildman–Crippen MR) is 91.1 cm³/mol. The van der Waals surface area contributed by atoms with Crippen LogP contribution in [0.3, 0.4) is 0 Å². The molecule has 0 atom stereocenters. The lowest BCUT2D eigenvalue weighted by molar-refractivity contribution is 0.0950. The van der Waals surface area contributed by atoms with Crippen molar-refractivity contribution in [1.82, 2.24) is 5.32 Å². The number of hydrogen-bond donors (Lipinski definition) is 1. The van der Waals surface area contributed by atoms with Crippen LogP contribution in [0.5, 0.6) is 11.5 Å². The molecule has 124 valence electrons. The van der Waals surface area contributed by atoms with Crippen molar-refractivity contribution in [3.63, 3.8) is 0 Å². The van der Waals surface area contributed by atoms with E-state index in [9.17, 15) is 4.79 Å². The molecule has 0 aliphatic carbocycles. The molecule has 0 saturated carbocycles. The highest BCUT2D eigenvalue weighted by atomic mass is 16.5. The molecule has 2 rings (SSSR count). The number of carbonyl (C=O) groups excluding carboxylic acids is 1. The smallest absolute Gasteiger partial charge is 0.251 e. The molecule has 0 aliphatic heterocycles. The maximum absolute atomic E-state index is 12.3. The van der Waals surface area contributed by atoms with Crippen molar-refractivity contribution in [2.45, 2.75) is 26.5 Å². The van der Waals surface area contributed by atoms with Gasteiger partial charge in [0.15, 0.2) is 11.5 Å². The van der Waals surface area contributed by atoms with E-state index in [0.717, 1.165) is 5.56 Å². The summed E-state index contributed by atoms with van der Waals surface area (Å²) in [5, 5.41) is 11.7. The Balaban J connectivity index is 2.08. The fourth-order valence-electron chi connectivity index (χ4n) is 2.20. The number of methoxy groups -OCH3 is 1. The summed E-state index contributed by atoms with van der Waals surface area (Å²) in [7, 11) is 1.54. The number of carbonyl (C=O) groups is 1. The molecule has 2 aromatic carbocycles. The highest BCUT2D eigenvalue weighted by Crippen LogP contribution is 2.28. The predicted octanol–water partition coefficient (Wildman–Crippen LogP) is 3.28. The van der Waals surface area contributed by atoms with Crippen LogP contribution in [0.4, 0.5) is 0 Å². The van der Waals surface area contributed by atoms with E-state index in [2.05, 4.69) is 11.4 Å². The SMILES string of the molecule is COc1cc(C(=O)NCc2cccc(C#N)c2)ccc1OC(C)C. The van der Waals surface area contributed by atoms with Crippen molar-refractivity contribution < 1.29 is 14.3 Å². The van der Waals surface area contributed by atoms with Gasteiger partial charge >= 0.3 is 0 Å². The molecule has 0 radical (unpaired) electrons. The molecule has 0 bridgehead atoms. The molecule has 5 heteroatoms. The van der Waals surface area contributed by atoms with Gasteiger partial charge in [0.2, 0.25) is 0 Å². The number of benzene rings is 2. The van der Waals surface area contributed by atoms with Gasteiger partial charge in [0.05, 0.1) is 24.8 Å². The van der Waals surface area contributed by atoms with Gasteiger partial charge in [0.25, 0.3) is 5.91 Å². The first-order chi connectivity index (χ1) is 11.5.